The minimum atomic E-state index is 0.582. The number of halogens is 2. The van der Waals surface area contributed by atoms with Crippen LogP contribution < -0.4 is 5.32 Å². The molecule has 0 fully saturated rings. The van der Waals surface area contributed by atoms with Crippen molar-refractivity contribution in [1.29, 1.82) is 0 Å². The van der Waals surface area contributed by atoms with Gasteiger partial charge in [-0.05, 0) is 29.8 Å². The number of benzene rings is 3. The van der Waals surface area contributed by atoms with Crippen LogP contribution in [0.15, 0.2) is 77.3 Å². The molecule has 0 unspecified atom stereocenters. The molecule has 1 heterocycles. The number of rotatable bonds is 4. The first-order valence-electron chi connectivity index (χ1n) is 8.21. The van der Waals surface area contributed by atoms with Gasteiger partial charge in [0.05, 0.1) is 11.2 Å². The van der Waals surface area contributed by atoms with Gasteiger partial charge < -0.3 is 5.32 Å². The van der Waals surface area contributed by atoms with Gasteiger partial charge >= 0.3 is 0 Å². The Morgan fingerprint density at radius 3 is 2.46 bits per heavy atom. The van der Waals surface area contributed by atoms with Crippen molar-refractivity contribution in [2.24, 2.45) is 0 Å². The third kappa shape index (κ3) is 3.57. The molecule has 4 aromatic rings. The van der Waals surface area contributed by atoms with Crippen molar-refractivity contribution in [1.82, 2.24) is 9.97 Å². The SMILES string of the molecule is Clc1ccccc1-c1nc(NCc2ccccc2)nc2ccc(Br)cc12. The fourth-order valence-corrected chi connectivity index (χ4v) is 3.40. The van der Waals surface area contributed by atoms with E-state index in [2.05, 4.69) is 38.4 Å². The van der Waals surface area contributed by atoms with E-state index in [0.717, 1.165) is 26.6 Å². The number of fused-ring (bicyclic) bond motifs is 1. The van der Waals surface area contributed by atoms with Crippen LogP contribution in [0, 0.1) is 0 Å². The first kappa shape index (κ1) is 17.0. The third-order valence-electron chi connectivity index (χ3n) is 4.08. The first-order valence-corrected chi connectivity index (χ1v) is 9.38. The van der Waals surface area contributed by atoms with E-state index in [4.69, 9.17) is 16.6 Å². The molecule has 128 valence electrons. The predicted molar refractivity (Wildman–Crippen MR) is 111 cm³/mol. The molecule has 0 saturated carbocycles. The maximum atomic E-state index is 6.43. The highest BCUT2D eigenvalue weighted by molar-refractivity contribution is 9.10. The molecule has 0 aliphatic rings. The van der Waals surface area contributed by atoms with Gasteiger partial charge in [0.15, 0.2) is 0 Å². The molecular weight excluding hydrogens is 410 g/mol. The van der Waals surface area contributed by atoms with E-state index in [1.54, 1.807) is 0 Å². The summed E-state index contributed by atoms with van der Waals surface area (Å²) in [5, 5.41) is 4.94. The van der Waals surface area contributed by atoms with E-state index in [-0.39, 0.29) is 0 Å². The number of anilines is 1. The lowest BCUT2D eigenvalue weighted by Gasteiger charge is -2.12. The molecule has 0 amide bonds. The van der Waals surface area contributed by atoms with E-state index in [1.165, 1.54) is 5.56 Å². The van der Waals surface area contributed by atoms with Crippen molar-refractivity contribution in [3.8, 4) is 11.3 Å². The second-order valence-corrected chi connectivity index (χ2v) is 7.20. The minimum Gasteiger partial charge on any atom is -0.350 e. The summed E-state index contributed by atoms with van der Waals surface area (Å²) in [5.74, 6) is 0.582. The van der Waals surface area contributed by atoms with E-state index < -0.39 is 0 Å². The third-order valence-corrected chi connectivity index (χ3v) is 4.90. The fourth-order valence-electron chi connectivity index (χ4n) is 2.82. The summed E-state index contributed by atoms with van der Waals surface area (Å²) in [6.45, 7) is 0.658. The Balaban J connectivity index is 1.80. The monoisotopic (exact) mass is 423 g/mol. The second kappa shape index (κ2) is 7.44. The number of aromatic nitrogens is 2. The molecule has 0 aliphatic heterocycles. The molecule has 0 atom stereocenters. The average Bonchev–Trinajstić information content (AvgIpc) is 2.67. The van der Waals surface area contributed by atoms with Crippen LogP contribution in [0.25, 0.3) is 22.2 Å². The van der Waals surface area contributed by atoms with Crippen molar-refractivity contribution in [2.75, 3.05) is 5.32 Å². The molecule has 4 rings (SSSR count). The maximum Gasteiger partial charge on any atom is 0.224 e. The van der Waals surface area contributed by atoms with E-state index in [1.807, 2.05) is 60.7 Å². The molecule has 0 spiro atoms. The topological polar surface area (TPSA) is 37.8 Å². The molecule has 0 aliphatic carbocycles. The maximum absolute atomic E-state index is 6.43. The molecule has 5 heteroatoms. The van der Waals surface area contributed by atoms with Gasteiger partial charge in [0.25, 0.3) is 0 Å². The molecule has 1 aromatic heterocycles. The molecule has 0 radical (unpaired) electrons. The van der Waals surface area contributed by atoms with E-state index in [0.29, 0.717) is 17.5 Å². The first-order chi connectivity index (χ1) is 12.7. The van der Waals surface area contributed by atoms with Gasteiger partial charge in [-0.2, -0.15) is 0 Å². The van der Waals surface area contributed by atoms with Crippen LogP contribution in [0.3, 0.4) is 0 Å². The second-order valence-electron chi connectivity index (χ2n) is 5.88. The number of hydrogen-bond donors (Lipinski definition) is 1. The standard InChI is InChI=1S/C21H15BrClN3/c22-15-10-11-19-17(12-15)20(16-8-4-5-9-18(16)23)26-21(25-19)24-13-14-6-2-1-3-7-14/h1-12H,13H2,(H,24,25,26). The number of nitrogens with one attached hydrogen (secondary N) is 1. The van der Waals surface area contributed by atoms with Crippen molar-refractivity contribution in [3.05, 3.63) is 87.9 Å². The Bertz CT molecular complexity index is 1070. The van der Waals surface area contributed by atoms with Gasteiger partial charge in [-0.15, -0.1) is 0 Å². The highest BCUT2D eigenvalue weighted by Gasteiger charge is 2.13. The zero-order valence-corrected chi connectivity index (χ0v) is 16.1. The Hall–Kier alpha value is -2.43. The molecule has 26 heavy (non-hydrogen) atoms. The highest BCUT2D eigenvalue weighted by Crippen LogP contribution is 2.33. The zero-order valence-electron chi connectivity index (χ0n) is 13.8. The summed E-state index contributed by atoms with van der Waals surface area (Å²) >= 11 is 9.97. The molecular formula is C21H15BrClN3. The molecule has 3 aromatic carbocycles. The van der Waals surface area contributed by atoms with Crippen LogP contribution in [0.2, 0.25) is 5.02 Å². The van der Waals surface area contributed by atoms with Gasteiger partial charge in [0.2, 0.25) is 5.95 Å². The van der Waals surface area contributed by atoms with Crippen LogP contribution in [0.4, 0.5) is 5.95 Å². The number of nitrogens with zero attached hydrogens (tertiary/aromatic N) is 2. The predicted octanol–water partition coefficient (Wildman–Crippen LogP) is 6.32. The van der Waals surface area contributed by atoms with Crippen LogP contribution in [0.1, 0.15) is 5.56 Å². The van der Waals surface area contributed by atoms with E-state index in [9.17, 15) is 0 Å². The molecule has 0 saturated heterocycles. The minimum absolute atomic E-state index is 0.582. The smallest absolute Gasteiger partial charge is 0.224 e. The lowest BCUT2D eigenvalue weighted by molar-refractivity contribution is 1.07. The Labute approximate surface area is 165 Å². The summed E-state index contributed by atoms with van der Waals surface area (Å²) in [6.07, 6.45) is 0. The van der Waals surface area contributed by atoms with Gasteiger partial charge in [0.1, 0.15) is 0 Å². The Morgan fingerprint density at radius 1 is 0.885 bits per heavy atom. The normalized spacial score (nSPS) is 10.8. The molecule has 3 nitrogen and oxygen atoms in total. The van der Waals surface area contributed by atoms with Crippen LogP contribution >= 0.6 is 27.5 Å². The lowest BCUT2D eigenvalue weighted by atomic mass is 10.1. The van der Waals surface area contributed by atoms with Crippen molar-refractivity contribution in [2.45, 2.75) is 6.54 Å². The summed E-state index contributed by atoms with van der Waals surface area (Å²) in [7, 11) is 0. The fraction of sp³-hybridized carbons (Fsp3) is 0.0476. The van der Waals surface area contributed by atoms with Gasteiger partial charge in [-0.3, -0.25) is 0 Å². The highest BCUT2D eigenvalue weighted by atomic mass is 79.9. The molecule has 1 N–H and O–H groups in total. The van der Waals surface area contributed by atoms with Gasteiger partial charge in [-0.1, -0.05) is 76.1 Å². The van der Waals surface area contributed by atoms with Crippen molar-refractivity contribution >= 4 is 44.4 Å². The number of hydrogen-bond acceptors (Lipinski definition) is 3. The summed E-state index contributed by atoms with van der Waals surface area (Å²) in [5.41, 5.74) is 3.75. The summed E-state index contributed by atoms with van der Waals surface area (Å²) < 4.78 is 0.979. The lowest BCUT2D eigenvalue weighted by Crippen LogP contribution is -2.05. The summed E-state index contributed by atoms with van der Waals surface area (Å²) in [4.78, 5) is 9.42. The zero-order chi connectivity index (χ0) is 17.9. The van der Waals surface area contributed by atoms with Crippen LogP contribution in [-0.2, 0) is 6.54 Å². The quantitative estimate of drug-likeness (QED) is 0.416. The average molecular weight is 425 g/mol. The van der Waals surface area contributed by atoms with Gasteiger partial charge in [0, 0.05) is 27.0 Å². The van der Waals surface area contributed by atoms with Crippen molar-refractivity contribution in [3.63, 3.8) is 0 Å². The van der Waals surface area contributed by atoms with Crippen LogP contribution in [0.5, 0.6) is 0 Å². The van der Waals surface area contributed by atoms with E-state index >= 15 is 0 Å². The van der Waals surface area contributed by atoms with Gasteiger partial charge in [-0.25, -0.2) is 9.97 Å². The summed E-state index contributed by atoms with van der Waals surface area (Å²) in [6, 6.07) is 23.9. The van der Waals surface area contributed by atoms with Crippen LogP contribution in [-0.4, -0.2) is 9.97 Å². The molecule has 0 bridgehead atoms. The largest absolute Gasteiger partial charge is 0.350 e. The Morgan fingerprint density at radius 2 is 1.65 bits per heavy atom. The van der Waals surface area contributed by atoms with Crippen molar-refractivity contribution < 1.29 is 0 Å². The Kier molecular flexibility index (Phi) is 4.87.